The molecule has 0 aliphatic rings. The topological polar surface area (TPSA) is 72.9 Å². The minimum atomic E-state index is 0. The van der Waals surface area contributed by atoms with Crippen LogP contribution in [0.5, 0.6) is 0 Å². The number of amides is 1. The van der Waals surface area contributed by atoms with Crippen molar-refractivity contribution in [1.29, 1.82) is 0 Å². The normalized spacial score (nSPS) is 11.4. The Bertz CT molecular complexity index is 613. The van der Waals surface area contributed by atoms with Crippen LogP contribution in [0.1, 0.15) is 32.5 Å². The van der Waals surface area contributed by atoms with Crippen LogP contribution in [0.3, 0.4) is 0 Å². The van der Waals surface area contributed by atoms with Crippen molar-refractivity contribution in [1.82, 2.24) is 14.9 Å². The molecule has 0 saturated carbocycles. The highest BCUT2D eigenvalue weighted by Gasteiger charge is 2.09. The van der Waals surface area contributed by atoms with Crippen LogP contribution in [0, 0.1) is 0 Å². The van der Waals surface area contributed by atoms with E-state index < -0.39 is 0 Å². The first-order valence-corrected chi connectivity index (χ1v) is 7.58. The van der Waals surface area contributed by atoms with Crippen LogP contribution in [-0.4, -0.2) is 28.0 Å². The molecule has 0 aliphatic carbocycles. The largest absolute Gasteiger partial charge is 0.356 e. The maximum absolute atomic E-state index is 11.7. The van der Waals surface area contributed by atoms with Crippen LogP contribution < -0.4 is 11.1 Å². The number of aromatic nitrogens is 2. The van der Waals surface area contributed by atoms with Crippen molar-refractivity contribution in [3.8, 4) is 0 Å². The van der Waals surface area contributed by atoms with E-state index in [4.69, 9.17) is 5.73 Å². The van der Waals surface area contributed by atoms with Crippen molar-refractivity contribution in [2.45, 2.75) is 45.7 Å². The quantitative estimate of drug-likeness (QED) is 0.796. The Hall–Kier alpha value is -1.30. The second kappa shape index (κ2) is 10.5. The molecule has 7 heteroatoms. The number of aryl methyl sites for hydroxylation is 1. The maximum atomic E-state index is 11.7. The average molecular weight is 361 g/mol. The number of rotatable bonds is 7. The van der Waals surface area contributed by atoms with Crippen molar-refractivity contribution in [3.63, 3.8) is 0 Å². The number of nitrogens with two attached hydrogens (primary N) is 1. The average Bonchev–Trinajstić information content (AvgIpc) is 2.82. The number of nitrogens with zero attached hydrogens (tertiary/aromatic N) is 2. The summed E-state index contributed by atoms with van der Waals surface area (Å²) in [5.74, 6) is 1.08. The molecule has 1 amide bonds. The van der Waals surface area contributed by atoms with E-state index in [9.17, 15) is 4.79 Å². The summed E-state index contributed by atoms with van der Waals surface area (Å²) < 4.78 is 2.20. The molecule has 0 saturated heterocycles. The van der Waals surface area contributed by atoms with Gasteiger partial charge in [-0.05, 0) is 32.4 Å². The molecule has 1 heterocycles. The number of para-hydroxylation sites is 2. The Morgan fingerprint density at radius 1 is 1.35 bits per heavy atom. The molecule has 1 aromatic carbocycles. The number of benzene rings is 1. The highest BCUT2D eigenvalue weighted by molar-refractivity contribution is 5.85. The third kappa shape index (κ3) is 6.01. The van der Waals surface area contributed by atoms with Gasteiger partial charge >= 0.3 is 0 Å². The Kier molecular flexibility index (Phi) is 9.88. The third-order valence-electron chi connectivity index (χ3n) is 3.55. The zero-order valence-electron chi connectivity index (χ0n) is 13.6. The van der Waals surface area contributed by atoms with Gasteiger partial charge in [-0.3, -0.25) is 4.79 Å². The van der Waals surface area contributed by atoms with Crippen molar-refractivity contribution in [3.05, 3.63) is 30.1 Å². The molecule has 0 fully saturated rings. The van der Waals surface area contributed by atoms with E-state index in [1.807, 2.05) is 25.1 Å². The Morgan fingerprint density at radius 2 is 2.04 bits per heavy atom. The van der Waals surface area contributed by atoms with Crippen molar-refractivity contribution >= 4 is 41.8 Å². The summed E-state index contributed by atoms with van der Waals surface area (Å²) in [6, 6.07) is 8.19. The molecule has 2 aromatic rings. The third-order valence-corrected chi connectivity index (χ3v) is 3.55. The van der Waals surface area contributed by atoms with Gasteiger partial charge in [-0.15, -0.1) is 24.8 Å². The predicted octanol–water partition coefficient (Wildman–Crippen LogP) is 2.69. The molecule has 0 spiro atoms. The van der Waals surface area contributed by atoms with E-state index in [0.717, 1.165) is 36.2 Å². The van der Waals surface area contributed by atoms with Gasteiger partial charge in [0.05, 0.1) is 11.0 Å². The van der Waals surface area contributed by atoms with Gasteiger partial charge in [0.25, 0.3) is 0 Å². The summed E-state index contributed by atoms with van der Waals surface area (Å²) >= 11 is 0. The second-order valence-corrected chi connectivity index (χ2v) is 5.38. The van der Waals surface area contributed by atoms with Gasteiger partial charge in [0.1, 0.15) is 5.82 Å². The van der Waals surface area contributed by atoms with Crippen molar-refractivity contribution in [2.24, 2.45) is 5.73 Å². The number of hydrogen-bond donors (Lipinski definition) is 2. The van der Waals surface area contributed by atoms with Gasteiger partial charge in [0.2, 0.25) is 5.91 Å². The lowest BCUT2D eigenvalue weighted by Crippen LogP contribution is -2.28. The van der Waals surface area contributed by atoms with Crippen LogP contribution >= 0.6 is 24.8 Å². The van der Waals surface area contributed by atoms with E-state index in [1.165, 1.54) is 0 Å². The van der Waals surface area contributed by atoms with Crippen LogP contribution in [0.4, 0.5) is 0 Å². The molecule has 23 heavy (non-hydrogen) atoms. The highest BCUT2D eigenvalue weighted by atomic mass is 35.5. The van der Waals surface area contributed by atoms with Gasteiger partial charge < -0.3 is 15.6 Å². The Morgan fingerprint density at radius 3 is 2.70 bits per heavy atom. The fourth-order valence-electron chi connectivity index (χ4n) is 2.43. The lowest BCUT2D eigenvalue weighted by molar-refractivity contribution is -0.121. The van der Waals surface area contributed by atoms with Gasteiger partial charge in [-0.1, -0.05) is 12.1 Å². The highest BCUT2D eigenvalue weighted by Crippen LogP contribution is 2.15. The Labute approximate surface area is 149 Å². The molecule has 1 unspecified atom stereocenters. The van der Waals surface area contributed by atoms with E-state index in [1.54, 1.807) is 0 Å². The summed E-state index contributed by atoms with van der Waals surface area (Å²) in [4.78, 5) is 16.3. The number of carbonyl (C=O) groups is 1. The lowest BCUT2D eigenvalue weighted by atomic mass is 10.2. The van der Waals surface area contributed by atoms with Crippen molar-refractivity contribution < 1.29 is 4.79 Å². The summed E-state index contributed by atoms with van der Waals surface area (Å²) in [5.41, 5.74) is 7.81. The molecule has 5 nitrogen and oxygen atoms in total. The summed E-state index contributed by atoms with van der Waals surface area (Å²) in [7, 11) is 0. The lowest BCUT2D eigenvalue weighted by Gasteiger charge is -2.08. The summed E-state index contributed by atoms with van der Waals surface area (Å²) in [6.45, 7) is 5.52. The molecule has 0 bridgehead atoms. The molecular formula is C16H26Cl2N4O. The number of hydrogen-bond acceptors (Lipinski definition) is 3. The molecule has 0 radical (unpaired) electrons. The molecular weight excluding hydrogens is 335 g/mol. The fraction of sp³-hybridized carbons (Fsp3) is 0.500. The molecule has 130 valence electrons. The van der Waals surface area contributed by atoms with E-state index in [-0.39, 0.29) is 36.8 Å². The minimum Gasteiger partial charge on any atom is -0.356 e. The summed E-state index contributed by atoms with van der Waals surface area (Å²) in [5, 5.41) is 2.93. The molecule has 0 aliphatic heterocycles. The van der Waals surface area contributed by atoms with Gasteiger partial charge in [-0.2, -0.15) is 0 Å². The number of halogens is 2. The van der Waals surface area contributed by atoms with Crippen LogP contribution in [-0.2, 0) is 17.8 Å². The molecule has 1 aromatic heterocycles. The predicted molar refractivity (Wildman–Crippen MR) is 99.5 cm³/mol. The van der Waals surface area contributed by atoms with Gasteiger partial charge in [0.15, 0.2) is 0 Å². The smallest absolute Gasteiger partial charge is 0.220 e. The second-order valence-electron chi connectivity index (χ2n) is 5.38. The summed E-state index contributed by atoms with van der Waals surface area (Å²) in [6.07, 6.45) is 1.95. The van der Waals surface area contributed by atoms with Gasteiger partial charge in [-0.25, -0.2) is 4.98 Å². The zero-order chi connectivity index (χ0) is 15.2. The number of nitrogens with one attached hydrogen (secondary N) is 1. The van der Waals surface area contributed by atoms with E-state index >= 15 is 0 Å². The monoisotopic (exact) mass is 360 g/mol. The minimum absolute atomic E-state index is 0. The van der Waals surface area contributed by atoms with Crippen molar-refractivity contribution in [2.75, 3.05) is 6.54 Å². The first-order valence-electron chi connectivity index (χ1n) is 7.58. The molecule has 2 rings (SSSR count). The molecule has 3 N–H and O–H groups in total. The number of carbonyl (C=O) groups excluding carboxylic acids is 1. The van der Waals surface area contributed by atoms with E-state index in [2.05, 4.69) is 27.9 Å². The SMILES string of the molecule is CCn1c(CCNC(=O)CCC(C)N)nc2ccccc21.Cl.Cl. The number of imidazole rings is 1. The fourth-order valence-corrected chi connectivity index (χ4v) is 2.43. The van der Waals surface area contributed by atoms with Crippen LogP contribution in [0.2, 0.25) is 0 Å². The first-order chi connectivity index (χ1) is 10.1. The first kappa shape index (κ1) is 21.7. The van der Waals surface area contributed by atoms with Crippen LogP contribution in [0.25, 0.3) is 11.0 Å². The molecule has 1 atom stereocenters. The number of fused-ring (bicyclic) bond motifs is 1. The van der Waals surface area contributed by atoms with Crippen LogP contribution in [0.15, 0.2) is 24.3 Å². The van der Waals surface area contributed by atoms with E-state index in [0.29, 0.717) is 13.0 Å². The maximum Gasteiger partial charge on any atom is 0.220 e. The zero-order valence-corrected chi connectivity index (χ0v) is 15.3. The van der Waals surface area contributed by atoms with Gasteiger partial charge in [0, 0.05) is 32.0 Å². The standard InChI is InChI=1S/C16H24N4O.2ClH/c1-3-20-14-7-5-4-6-13(14)19-15(20)10-11-18-16(21)9-8-12(2)17;;/h4-7,12H,3,8-11,17H2,1-2H3,(H,18,21);2*1H. The Balaban J connectivity index is 0.00000242.